The van der Waals surface area contributed by atoms with Gasteiger partial charge in [-0.05, 0) is 52.0 Å². The Morgan fingerprint density at radius 1 is 1.15 bits per heavy atom. The van der Waals surface area contributed by atoms with Crippen molar-refractivity contribution >= 4 is 33.4 Å². The summed E-state index contributed by atoms with van der Waals surface area (Å²) in [5, 5.41) is 18.7. The van der Waals surface area contributed by atoms with E-state index < -0.39 is 22.4 Å². The van der Waals surface area contributed by atoms with Gasteiger partial charge >= 0.3 is 6.18 Å². The Morgan fingerprint density at radius 2 is 1.88 bits per heavy atom. The summed E-state index contributed by atoms with van der Waals surface area (Å²) in [6, 6.07) is 9.31. The van der Waals surface area contributed by atoms with E-state index in [-0.39, 0.29) is 16.0 Å². The number of nitro benzene ring substituents is 1. The normalized spacial score (nSPS) is 11.5. The third kappa shape index (κ3) is 3.88. The van der Waals surface area contributed by atoms with Gasteiger partial charge in [0, 0.05) is 10.5 Å². The van der Waals surface area contributed by atoms with Crippen LogP contribution in [0, 0.1) is 10.1 Å². The highest BCUT2D eigenvalue weighted by molar-refractivity contribution is 9.10. The molecule has 0 aliphatic heterocycles. The average Bonchev–Trinajstić information content (AvgIpc) is 3.02. The zero-order valence-corrected chi connectivity index (χ0v) is 14.9. The molecule has 26 heavy (non-hydrogen) atoms. The first-order valence-corrected chi connectivity index (χ1v) is 8.48. The third-order valence-electron chi connectivity index (χ3n) is 3.19. The van der Waals surface area contributed by atoms with Crippen molar-refractivity contribution in [1.82, 2.24) is 10.2 Å². The van der Waals surface area contributed by atoms with Crippen LogP contribution in [0.5, 0.6) is 0 Å². The smallest absolute Gasteiger partial charge is 0.411 e. The summed E-state index contributed by atoms with van der Waals surface area (Å²) in [5.41, 5.74) is -1.17. The molecular formula is C15H7BrF3N3O3S. The standard InChI is InChI=1S/C15H7BrF3N3O3S/c16-10-4-2-1-3-9(10)13-20-21-14(25-13)26-12-6-5-8(15(17,18)19)7-11(12)22(23)24/h1-7H. The van der Waals surface area contributed by atoms with E-state index in [1.807, 2.05) is 0 Å². The molecule has 3 aromatic rings. The van der Waals surface area contributed by atoms with E-state index in [0.717, 1.165) is 23.9 Å². The molecule has 0 unspecified atom stereocenters. The zero-order valence-electron chi connectivity index (χ0n) is 12.5. The fourth-order valence-corrected chi connectivity index (χ4v) is 3.23. The van der Waals surface area contributed by atoms with Gasteiger partial charge < -0.3 is 4.42 Å². The zero-order chi connectivity index (χ0) is 18.9. The van der Waals surface area contributed by atoms with Crippen LogP contribution in [-0.4, -0.2) is 15.1 Å². The molecule has 0 bridgehead atoms. The van der Waals surface area contributed by atoms with Gasteiger partial charge in [-0.15, -0.1) is 10.2 Å². The highest BCUT2D eigenvalue weighted by atomic mass is 79.9. The molecule has 0 saturated carbocycles. The molecule has 3 rings (SSSR count). The summed E-state index contributed by atoms with van der Waals surface area (Å²) in [5.74, 6) is 0.175. The number of alkyl halides is 3. The van der Waals surface area contributed by atoms with Gasteiger partial charge in [-0.25, -0.2) is 0 Å². The fourth-order valence-electron chi connectivity index (χ4n) is 2.01. The van der Waals surface area contributed by atoms with E-state index in [1.165, 1.54) is 0 Å². The van der Waals surface area contributed by atoms with Crippen molar-refractivity contribution < 1.29 is 22.5 Å². The molecule has 0 aliphatic rings. The van der Waals surface area contributed by atoms with Crippen molar-refractivity contribution in [3.63, 3.8) is 0 Å². The molecule has 11 heteroatoms. The molecular weight excluding hydrogens is 439 g/mol. The van der Waals surface area contributed by atoms with Crippen molar-refractivity contribution in [2.24, 2.45) is 0 Å². The monoisotopic (exact) mass is 445 g/mol. The molecule has 0 N–H and O–H groups in total. The summed E-state index contributed by atoms with van der Waals surface area (Å²) >= 11 is 4.05. The number of nitro groups is 1. The van der Waals surface area contributed by atoms with Crippen molar-refractivity contribution in [2.45, 2.75) is 16.3 Å². The molecule has 0 fully saturated rings. The molecule has 2 aromatic carbocycles. The Bertz CT molecular complexity index is 978. The van der Waals surface area contributed by atoms with Gasteiger partial charge in [0.2, 0.25) is 5.89 Å². The van der Waals surface area contributed by atoms with Crippen LogP contribution in [0.1, 0.15) is 5.56 Å². The SMILES string of the molecule is O=[N+]([O-])c1cc(C(F)(F)F)ccc1Sc1nnc(-c2ccccc2Br)o1. The fraction of sp³-hybridized carbons (Fsp3) is 0.0667. The minimum atomic E-state index is -4.68. The van der Waals surface area contributed by atoms with Crippen LogP contribution in [0.25, 0.3) is 11.5 Å². The minimum Gasteiger partial charge on any atom is -0.411 e. The van der Waals surface area contributed by atoms with Crippen LogP contribution in [0.2, 0.25) is 0 Å². The minimum absolute atomic E-state index is 0.0291. The molecule has 134 valence electrons. The molecule has 0 radical (unpaired) electrons. The maximum atomic E-state index is 12.7. The van der Waals surface area contributed by atoms with Gasteiger partial charge in [-0.3, -0.25) is 10.1 Å². The largest absolute Gasteiger partial charge is 0.416 e. The molecule has 0 aliphatic carbocycles. The van der Waals surface area contributed by atoms with Gasteiger partial charge in [0.05, 0.1) is 20.9 Å². The Kier molecular flexibility index (Phi) is 5.01. The molecule has 6 nitrogen and oxygen atoms in total. The Labute approximate surface area is 156 Å². The lowest BCUT2D eigenvalue weighted by molar-refractivity contribution is -0.388. The average molecular weight is 446 g/mol. The lowest BCUT2D eigenvalue weighted by Crippen LogP contribution is -2.05. The van der Waals surface area contributed by atoms with Gasteiger partial charge in [-0.1, -0.05) is 12.1 Å². The maximum Gasteiger partial charge on any atom is 0.416 e. The molecule has 1 aromatic heterocycles. The summed E-state index contributed by atoms with van der Waals surface area (Å²) < 4.78 is 44.4. The summed E-state index contributed by atoms with van der Waals surface area (Å²) in [7, 11) is 0. The number of nitrogens with zero attached hydrogens (tertiary/aromatic N) is 3. The van der Waals surface area contributed by atoms with Crippen molar-refractivity contribution in [3.05, 3.63) is 62.6 Å². The van der Waals surface area contributed by atoms with Gasteiger partial charge in [0.1, 0.15) is 0 Å². The number of hydrogen-bond acceptors (Lipinski definition) is 6. The first-order valence-electron chi connectivity index (χ1n) is 6.87. The van der Waals surface area contributed by atoms with Crippen molar-refractivity contribution in [2.75, 3.05) is 0 Å². The third-order valence-corrected chi connectivity index (χ3v) is 4.79. The highest BCUT2D eigenvalue weighted by Crippen LogP contribution is 2.39. The van der Waals surface area contributed by atoms with E-state index >= 15 is 0 Å². The van der Waals surface area contributed by atoms with E-state index in [4.69, 9.17) is 4.42 Å². The predicted octanol–water partition coefficient (Wildman–Crippen LogP) is 5.58. The highest BCUT2D eigenvalue weighted by Gasteiger charge is 2.33. The van der Waals surface area contributed by atoms with Crippen LogP contribution in [0.3, 0.4) is 0 Å². The van der Waals surface area contributed by atoms with Crippen molar-refractivity contribution in [1.29, 1.82) is 0 Å². The quantitative estimate of drug-likeness (QED) is 0.385. The summed E-state index contributed by atoms with van der Waals surface area (Å²) in [4.78, 5) is 10.2. The second-order valence-corrected chi connectivity index (χ2v) is 6.74. The second kappa shape index (κ2) is 7.08. The number of rotatable bonds is 4. The Morgan fingerprint density at radius 3 is 2.54 bits per heavy atom. The molecule has 0 amide bonds. The maximum absolute atomic E-state index is 12.7. The van der Waals surface area contributed by atoms with Crippen LogP contribution in [0.4, 0.5) is 18.9 Å². The molecule has 0 atom stereocenters. The first kappa shape index (κ1) is 18.4. The topological polar surface area (TPSA) is 82.1 Å². The first-order chi connectivity index (χ1) is 12.3. The number of aromatic nitrogens is 2. The van der Waals surface area contributed by atoms with E-state index in [9.17, 15) is 23.3 Å². The molecule has 0 saturated heterocycles. The van der Waals surface area contributed by atoms with Crippen LogP contribution >= 0.6 is 27.7 Å². The van der Waals surface area contributed by atoms with Crippen molar-refractivity contribution in [3.8, 4) is 11.5 Å². The second-order valence-electron chi connectivity index (χ2n) is 4.89. The van der Waals surface area contributed by atoms with E-state index in [2.05, 4.69) is 26.1 Å². The van der Waals surface area contributed by atoms with Crippen LogP contribution < -0.4 is 0 Å². The van der Waals surface area contributed by atoms with E-state index in [1.54, 1.807) is 24.3 Å². The van der Waals surface area contributed by atoms with Crippen LogP contribution in [-0.2, 0) is 6.18 Å². The van der Waals surface area contributed by atoms with Gasteiger partial charge in [0.15, 0.2) is 0 Å². The number of hydrogen-bond donors (Lipinski definition) is 0. The molecule has 0 spiro atoms. The van der Waals surface area contributed by atoms with E-state index in [0.29, 0.717) is 16.1 Å². The lowest BCUT2D eigenvalue weighted by atomic mass is 10.2. The summed E-state index contributed by atoms with van der Waals surface area (Å²) in [6.45, 7) is 0. The molecule has 1 heterocycles. The van der Waals surface area contributed by atoms with Gasteiger partial charge in [0.25, 0.3) is 10.9 Å². The Balaban J connectivity index is 1.92. The predicted molar refractivity (Wildman–Crippen MR) is 89.7 cm³/mol. The van der Waals surface area contributed by atoms with Gasteiger partial charge in [-0.2, -0.15) is 13.2 Å². The Hall–Kier alpha value is -2.40. The lowest BCUT2D eigenvalue weighted by Gasteiger charge is -2.07. The summed E-state index contributed by atoms with van der Waals surface area (Å²) in [6.07, 6.45) is -4.68. The number of halogens is 4. The van der Waals surface area contributed by atoms with Crippen LogP contribution in [0.15, 0.2) is 61.5 Å². The number of benzene rings is 2.